The summed E-state index contributed by atoms with van der Waals surface area (Å²) in [5, 5.41) is 0. The molecular weight excluding hydrogens is 326 g/mol. The molecule has 1 saturated heterocycles. The van der Waals surface area contributed by atoms with Crippen LogP contribution in [0.3, 0.4) is 0 Å². The van der Waals surface area contributed by atoms with Crippen LogP contribution in [-0.4, -0.2) is 41.2 Å². The van der Waals surface area contributed by atoms with Crippen LogP contribution in [0.15, 0.2) is 18.3 Å². The molecule has 1 aliphatic heterocycles. The Balaban J connectivity index is 2.19. The second-order valence-electron chi connectivity index (χ2n) is 8.57. The molecule has 0 radical (unpaired) electrons. The Labute approximate surface area is 158 Å². The van der Waals surface area contributed by atoms with Crippen molar-refractivity contribution < 1.29 is 9.53 Å². The molecule has 0 aromatic carbocycles. The molecule has 0 bridgehead atoms. The van der Waals surface area contributed by atoms with Crippen molar-refractivity contribution in [2.24, 2.45) is 5.92 Å². The van der Waals surface area contributed by atoms with E-state index in [1.807, 2.05) is 33.0 Å². The summed E-state index contributed by atoms with van der Waals surface area (Å²) in [6.45, 7) is 14.9. The number of likely N-dealkylation sites (tertiary alicyclic amines) is 1. The van der Waals surface area contributed by atoms with Crippen molar-refractivity contribution in [3.63, 3.8) is 0 Å². The van der Waals surface area contributed by atoms with E-state index in [-0.39, 0.29) is 6.09 Å². The zero-order valence-electron chi connectivity index (χ0n) is 17.3. The highest BCUT2D eigenvalue weighted by molar-refractivity contribution is 5.86. The number of anilines is 1. The predicted octanol–water partition coefficient (Wildman–Crippen LogP) is 5.03. The van der Waals surface area contributed by atoms with Gasteiger partial charge in [-0.3, -0.25) is 9.80 Å². The SMILES string of the molecule is CCN1CCCC[C@H]1c1ccc(N(CC(C)C)C(=O)OC(C)(C)C)nc1. The molecule has 1 fully saturated rings. The normalized spacial score (nSPS) is 18.8. The fraction of sp³-hybridized carbons (Fsp3) is 0.714. The molecule has 1 aromatic heterocycles. The van der Waals surface area contributed by atoms with E-state index in [4.69, 9.17) is 4.74 Å². The molecule has 0 unspecified atom stereocenters. The maximum absolute atomic E-state index is 12.6. The van der Waals surface area contributed by atoms with Crippen LogP contribution in [0.25, 0.3) is 0 Å². The minimum absolute atomic E-state index is 0.331. The van der Waals surface area contributed by atoms with E-state index < -0.39 is 5.60 Å². The third-order valence-electron chi connectivity index (χ3n) is 4.61. The van der Waals surface area contributed by atoms with Gasteiger partial charge >= 0.3 is 6.09 Å². The Hall–Kier alpha value is -1.62. The van der Waals surface area contributed by atoms with E-state index in [1.54, 1.807) is 4.90 Å². The van der Waals surface area contributed by atoms with Crippen LogP contribution >= 0.6 is 0 Å². The van der Waals surface area contributed by atoms with Crippen molar-refractivity contribution >= 4 is 11.9 Å². The van der Waals surface area contributed by atoms with Gasteiger partial charge < -0.3 is 4.74 Å². The van der Waals surface area contributed by atoms with E-state index >= 15 is 0 Å². The average molecular weight is 362 g/mol. The molecule has 1 amide bonds. The fourth-order valence-electron chi connectivity index (χ4n) is 3.45. The van der Waals surface area contributed by atoms with Crippen LogP contribution in [0.2, 0.25) is 0 Å². The van der Waals surface area contributed by atoms with Gasteiger partial charge in [0.1, 0.15) is 11.4 Å². The number of nitrogens with zero attached hydrogens (tertiary/aromatic N) is 3. The Bertz CT molecular complexity index is 578. The monoisotopic (exact) mass is 361 g/mol. The summed E-state index contributed by atoms with van der Waals surface area (Å²) in [6, 6.07) is 4.53. The molecule has 1 atom stereocenters. The fourth-order valence-corrected chi connectivity index (χ4v) is 3.45. The molecular formula is C21H35N3O2. The average Bonchev–Trinajstić information content (AvgIpc) is 2.58. The van der Waals surface area contributed by atoms with Crippen LogP contribution in [0.1, 0.15) is 72.4 Å². The van der Waals surface area contributed by atoms with Gasteiger partial charge in [0.15, 0.2) is 0 Å². The summed E-state index contributed by atoms with van der Waals surface area (Å²) >= 11 is 0. The van der Waals surface area contributed by atoms with Gasteiger partial charge in [0.25, 0.3) is 0 Å². The van der Waals surface area contributed by atoms with Gasteiger partial charge in [-0.25, -0.2) is 9.78 Å². The standard InChI is InChI=1S/C21H35N3O2/c1-7-23-13-9-8-10-18(23)17-11-12-19(22-14-17)24(15-16(2)3)20(25)26-21(4,5)6/h11-12,14,16,18H,7-10,13,15H2,1-6H3/t18-/m0/s1. The van der Waals surface area contributed by atoms with Crippen LogP contribution in [0.4, 0.5) is 10.6 Å². The Morgan fingerprint density at radius 2 is 2.08 bits per heavy atom. The van der Waals surface area contributed by atoms with Crippen molar-refractivity contribution in [2.75, 3.05) is 24.5 Å². The van der Waals surface area contributed by atoms with Crippen LogP contribution in [-0.2, 0) is 4.74 Å². The molecule has 2 rings (SSSR count). The molecule has 5 nitrogen and oxygen atoms in total. The maximum atomic E-state index is 12.6. The number of rotatable bonds is 5. The van der Waals surface area contributed by atoms with E-state index in [0.717, 1.165) is 13.1 Å². The number of carbonyl (C=O) groups excluding carboxylic acids is 1. The first-order chi connectivity index (χ1) is 12.2. The number of pyridine rings is 1. The number of piperidine rings is 1. The van der Waals surface area contributed by atoms with Gasteiger partial charge in [0, 0.05) is 18.8 Å². The van der Waals surface area contributed by atoms with Gasteiger partial charge in [-0.15, -0.1) is 0 Å². The zero-order chi connectivity index (χ0) is 19.3. The predicted molar refractivity (Wildman–Crippen MR) is 106 cm³/mol. The lowest BCUT2D eigenvalue weighted by Crippen LogP contribution is -2.39. The van der Waals surface area contributed by atoms with Crippen LogP contribution in [0.5, 0.6) is 0 Å². The largest absolute Gasteiger partial charge is 0.443 e. The third kappa shape index (κ3) is 5.70. The van der Waals surface area contributed by atoms with E-state index in [2.05, 4.69) is 36.7 Å². The molecule has 0 aliphatic carbocycles. The minimum atomic E-state index is -0.518. The van der Waals surface area contributed by atoms with Gasteiger partial charge in [-0.05, 0) is 64.3 Å². The minimum Gasteiger partial charge on any atom is -0.443 e. The Morgan fingerprint density at radius 3 is 2.62 bits per heavy atom. The third-order valence-corrected chi connectivity index (χ3v) is 4.61. The van der Waals surface area contributed by atoms with E-state index in [0.29, 0.717) is 24.3 Å². The summed E-state index contributed by atoms with van der Waals surface area (Å²) in [6.07, 6.45) is 5.32. The summed E-state index contributed by atoms with van der Waals surface area (Å²) in [4.78, 5) is 21.4. The summed E-state index contributed by atoms with van der Waals surface area (Å²) in [5.41, 5.74) is 0.722. The first-order valence-corrected chi connectivity index (χ1v) is 9.91. The second kappa shape index (κ2) is 8.85. The van der Waals surface area contributed by atoms with Crippen LogP contribution in [0, 0.1) is 5.92 Å². The van der Waals surface area contributed by atoms with Gasteiger partial charge in [-0.2, -0.15) is 0 Å². The Kier molecular flexibility index (Phi) is 7.04. The van der Waals surface area contributed by atoms with Gasteiger partial charge in [0.05, 0.1) is 0 Å². The molecule has 5 heteroatoms. The molecule has 1 aliphatic rings. The zero-order valence-corrected chi connectivity index (χ0v) is 17.3. The summed E-state index contributed by atoms with van der Waals surface area (Å²) in [5.74, 6) is 0.994. The lowest BCUT2D eigenvalue weighted by atomic mass is 9.96. The lowest BCUT2D eigenvalue weighted by Gasteiger charge is -2.35. The molecule has 1 aromatic rings. The summed E-state index contributed by atoms with van der Waals surface area (Å²) in [7, 11) is 0. The molecule has 0 saturated carbocycles. The topological polar surface area (TPSA) is 45.7 Å². The number of carbonyl (C=O) groups is 1. The van der Waals surface area contributed by atoms with Crippen molar-refractivity contribution in [2.45, 2.75) is 72.4 Å². The first-order valence-electron chi connectivity index (χ1n) is 9.91. The molecule has 146 valence electrons. The number of ether oxygens (including phenoxy) is 1. The highest BCUT2D eigenvalue weighted by Gasteiger charge is 2.26. The smallest absolute Gasteiger partial charge is 0.416 e. The van der Waals surface area contributed by atoms with Crippen molar-refractivity contribution in [1.82, 2.24) is 9.88 Å². The maximum Gasteiger partial charge on any atom is 0.416 e. The summed E-state index contributed by atoms with van der Waals surface area (Å²) < 4.78 is 5.57. The van der Waals surface area contributed by atoms with E-state index in [9.17, 15) is 4.79 Å². The highest BCUT2D eigenvalue weighted by atomic mass is 16.6. The van der Waals surface area contributed by atoms with Gasteiger partial charge in [0.2, 0.25) is 0 Å². The molecule has 0 N–H and O–H groups in total. The Morgan fingerprint density at radius 1 is 1.35 bits per heavy atom. The number of hydrogen-bond donors (Lipinski definition) is 0. The molecule has 0 spiro atoms. The van der Waals surface area contributed by atoms with E-state index in [1.165, 1.54) is 24.8 Å². The quantitative estimate of drug-likeness (QED) is 0.738. The number of amides is 1. The molecule has 26 heavy (non-hydrogen) atoms. The number of hydrogen-bond acceptors (Lipinski definition) is 4. The number of aromatic nitrogens is 1. The molecule has 2 heterocycles. The van der Waals surface area contributed by atoms with Crippen molar-refractivity contribution in [3.05, 3.63) is 23.9 Å². The van der Waals surface area contributed by atoms with Gasteiger partial charge in [-0.1, -0.05) is 33.3 Å². The van der Waals surface area contributed by atoms with Crippen molar-refractivity contribution in [1.29, 1.82) is 0 Å². The highest BCUT2D eigenvalue weighted by Crippen LogP contribution is 2.31. The van der Waals surface area contributed by atoms with Crippen molar-refractivity contribution in [3.8, 4) is 0 Å². The lowest BCUT2D eigenvalue weighted by molar-refractivity contribution is 0.0575. The van der Waals surface area contributed by atoms with Crippen LogP contribution < -0.4 is 4.90 Å². The second-order valence-corrected chi connectivity index (χ2v) is 8.57. The first kappa shape index (κ1) is 20.7.